The van der Waals surface area contributed by atoms with E-state index in [4.69, 9.17) is 18.9 Å². The number of ether oxygens (including phenoxy) is 4. The Morgan fingerprint density at radius 2 is 1.61 bits per heavy atom. The maximum Gasteiger partial charge on any atom is 0.395 e. The molecule has 1 atom stereocenters. The van der Waals surface area contributed by atoms with E-state index in [9.17, 15) is 18.0 Å². The zero-order chi connectivity index (χ0) is 33.6. The van der Waals surface area contributed by atoms with Gasteiger partial charge in [0.25, 0.3) is 0 Å². The molecule has 1 saturated carbocycles. The first-order valence-electron chi connectivity index (χ1n) is 16.7. The monoisotopic (exact) mass is 647 g/mol. The minimum Gasteiger partial charge on any atom is -0.497 e. The number of nitrogens with zero attached hydrogens (tertiary/aromatic N) is 1. The second-order valence-corrected chi connectivity index (χ2v) is 14.4. The molecule has 1 aliphatic carbocycles. The first kappa shape index (κ1) is 36.1. The summed E-state index contributed by atoms with van der Waals surface area (Å²) in [6.45, 7) is 10.3. The van der Waals surface area contributed by atoms with Crippen molar-refractivity contribution < 1.29 is 36.9 Å². The van der Waals surface area contributed by atoms with Gasteiger partial charge in [0, 0.05) is 25.1 Å². The van der Waals surface area contributed by atoms with E-state index in [0.717, 1.165) is 61.2 Å². The predicted molar refractivity (Wildman–Crippen MR) is 173 cm³/mol. The standard InChI is InChI=1S/C37H52F3NO5/c1-7-44-33(42)28-10-16-32(17-11-28)46-31-14-8-27(9-15-31)24-41(26-34(2,3)37(38,39)40)22-20-36(21-23-45-35(4,5)25-36)29-12-18-30(43-6)19-13-29/h8-9,12-15,18-19,28,32H,7,10-11,16-17,20-26H2,1-6H3/t28-,32-,36-/m1/s1. The van der Waals surface area contributed by atoms with Gasteiger partial charge in [-0.25, -0.2) is 0 Å². The molecule has 0 radical (unpaired) electrons. The summed E-state index contributed by atoms with van der Waals surface area (Å²) >= 11 is 0. The van der Waals surface area contributed by atoms with Gasteiger partial charge in [0.2, 0.25) is 0 Å². The van der Waals surface area contributed by atoms with Crippen LogP contribution in [0.15, 0.2) is 48.5 Å². The SMILES string of the molecule is CCOC(=O)[C@H]1CC[C@H](Oc2ccc(CN(CC[C@@]3(c4ccc(OC)cc4)CCOC(C)(C)C3)CC(C)(C)C(F)(F)F)cc2)CC1. The van der Waals surface area contributed by atoms with Crippen LogP contribution in [0.3, 0.4) is 0 Å². The molecule has 0 amide bonds. The molecule has 2 aromatic carbocycles. The maximum absolute atomic E-state index is 14.1. The highest BCUT2D eigenvalue weighted by Crippen LogP contribution is 2.45. The molecule has 0 bridgehead atoms. The molecule has 1 saturated heterocycles. The molecule has 9 heteroatoms. The van der Waals surface area contributed by atoms with Gasteiger partial charge in [-0.15, -0.1) is 0 Å². The van der Waals surface area contributed by atoms with E-state index in [-0.39, 0.29) is 35.6 Å². The Bertz CT molecular complexity index is 1250. The summed E-state index contributed by atoms with van der Waals surface area (Å²) in [6, 6.07) is 15.8. The first-order chi connectivity index (χ1) is 21.6. The molecule has 2 aromatic rings. The zero-order valence-corrected chi connectivity index (χ0v) is 28.4. The van der Waals surface area contributed by atoms with Crippen LogP contribution in [0.5, 0.6) is 11.5 Å². The van der Waals surface area contributed by atoms with E-state index in [2.05, 4.69) is 26.0 Å². The lowest BCUT2D eigenvalue weighted by Gasteiger charge is -2.46. The summed E-state index contributed by atoms with van der Waals surface area (Å²) in [5.74, 6) is 1.31. The number of alkyl halides is 3. The lowest BCUT2D eigenvalue weighted by Crippen LogP contribution is -2.47. The Kier molecular flexibility index (Phi) is 11.7. The van der Waals surface area contributed by atoms with Crippen LogP contribution in [0.25, 0.3) is 0 Å². The molecule has 0 N–H and O–H groups in total. The van der Waals surface area contributed by atoms with Gasteiger partial charge in [0.05, 0.1) is 36.8 Å². The summed E-state index contributed by atoms with van der Waals surface area (Å²) in [7, 11) is 1.64. The van der Waals surface area contributed by atoms with Gasteiger partial charge < -0.3 is 18.9 Å². The Labute approximate surface area is 272 Å². The van der Waals surface area contributed by atoms with Crippen LogP contribution in [0.4, 0.5) is 13.2 Å². The number of carbonyl (C=O) groups is 1. The number of esters is 1. The van der Waals surface area contributed by atoms with E-state index in [1.165, 1.54) is 13.8 Å². The van der Waals surface area contributed by atoms with Crippen LogP contribution >= 0.6 is 0 Å². The van der Waals surface area contributed by atoms with Crippen molar-refractivity contribution in [1.82, 2.24) is 4.90 Å². The number of benzene rings is 2. The van der Waals surface area contributed by atoms with Gasteiger partial charge in [0.1, 0.15) is 11.5 Å². The van der Waals surface area contributed by atoms with Gasteiger partial charge in [-0.05, 0) is 122 Å². The van der Waals surface area contributed by atoms with Crippen molar-refractivity contribution >= 4 is 5.97 Å². The molecule has 4 rings (SSSR count). The Balaban J connectivity index is 1.47. The molecule has 0 aromatic heterocycles. The fourth-order valence-corrected chi connectivity index (χ4v) is 7.06. The highest BCUT2D eigenvalue weighted by molar-refractivity contribution is 5.72. The van der Waals surface area contributed by atoms with Crippen LogP contribution in [-0.4, -0.2) is 62.2 Å². The minimum atomic E-state index is -4.33. The topological polar surface area (TPSA) is 57.2 Å². The number of rotatable bonds is 13. The second kappa shape index (κ2) is 15.0. The average molecular weight is 648 g/mol. The van der Waals surface area contributed by atoms with Gasteiger partial charge in [-0.2, -0.15) is 13.2 Å². The first-order valence-corrected chi connectivity index (χ1v) is 16.7. The van der Waals surface area contributed by atoms with Crippen LogP contribution in [-0.2, 0) is 26.2 Å². The lowest BCUT2D eigenvalue weighted by atomic mass is 9.67. The van der Waals surface area contributed by atoms with Crippen molar-refractivity contribution in [3.63, 3.8) is 0 Å². The molecule has 1 heterocycles. The largest absolute Gasteiger partial charge is 0.497 e. The summed E-state index contributed by atoms with van der Waals surface area (Å²) in [4.78, 5) is 14.0. The lowest BCUT2D eigenvalue weighted by molar-refractivity contribution is -0.217. The van der Waals surface area contributed by atoms with Crippen molar-refractivity contribution in [3.05, 3.63) is 59.7 Å². The van der Waals surface area contributed by atoms with Gasteiger partial charge in [-0.3, -0.25) is 9.69 Å². The third kappa shape index (κ3) is 9.40. The molecule has 2 aliphatic rings. The molecule has 256 valence electrons. The molecular formula is C37H52F3NO5. The number of hydrogen-bond donors (Lipinski definition) is 0. The molecule has 0 spiro atoms. The summed E-state index contributed by atoms with van der Waals surface area (Å²) in [6.07, 6.45) is 1.02. The van der Waals surface area contributed by atoms with Crippen molar-refractivity contribution in [2.24, 2.45) is 11.3 Å². The normalized spacial score (nSPS) is 23.6. The van der Waals surface area contributed by atoms with Crippen LogP contribution in [0, 0.1) is 11.3 Å². The second-order valence-electron chi connectivity index (χ2n) is 14.4. The third-order valence-corrected chi connectivity index (χ3v) is 9.76. The maximum atomic E-state index is 14.1. The van der Waals surface area contributed by atoms with Crippen molar-refractivity contribution in [2.45, 2.75) is 109 Å². The van der Waals surface area contributed by atoms with E-state index in [1.807, 2.05) is 48.2 Å². The van der Waals surface area contributed by atoms with Crippen LogP contribution < -0.4 is 9.47 Å². The number of halogens is 3. The van der Waals surface area contributed by atoms with Crippen molar-refractivity contribution in [3.8, 4) is 11.5 Å². The van der Waals surface area contributed by atoms with E-state index in [0.29, 0.717) is 32.7 Å². The highest BCUT2D eigenvalue weighted by Gasteiger charge is 2.48. The van der Waals surface area contributed by atoms with E-state index >= 15 is 0 Å². The van der Waals surface area contributed by atoms with Crippen LogP contribution in [0.2, 0.25) is 0 Å². The molecule has 6 nitrogen and oxygen atoms in total. The number of methoxy groups -OCH3 is 1. The minimum absolute atomic E-state index is 0.0264. The molecule has 2 fully saturated rings. The zero-order valence-electron chi connectivity index (χ0n) is 28.4. The summed E-state index contributed by atoms with van der Waals surface area (Å²) in [5.41, 5.74) is -0.360. The van der Waals surface area contributed by atoms with E-state index in [1.54, 1.807) is 7.11 Å². The van der Waals surface area contributed by atoms with Gasteiger partial charge in [-0.1, -0.05) is 24.3 Å². The molecule has 1 aliphatic heterocycles. The number of carbonyl (C=O) groups excluding carboxylic acids is 1. The molecular weight excluding hydrogens is 595 g/mol. The van der Waals surface area contributed by atoms with E-state index < -0.39 is 11.6 Å². The smallest absolute Gasteiger partial charge is 0.395 e. The average Bonchev–Trinajstić information content (AvgIpc) is 3.00. The van der Waals surface area contributed by atoms with Gasteiger partial charge >= 0.3 is 12.1 Å². The summed E-state index contributed by atoms with van der Waals surface area (Å²) < 4.78 is 65.2. The fraction of sp³-hybridized carbons (Fsp3) is 0.649. The third-order valence-electron chi connectivity index (χ3n) is 9.76. The quantitative estimate of drug-likeness (QED) is 0.203. The summed E-state index contributed by atoms with van der Waals surface area (Å²) in [5, 5.41) is 0. The van der Waals surface area contributed by atoms with Gasteiger partial charge in [0.15, 0.2) is 0 Å². The Morgan fingerprint density at radius 3 is 2.17 bits per heavy atom. The Hall–Kier alpha value is -2.78. The predicted octanol–water partition coefficient (Wildman–Crippen LogP) is 8.50. The fourth-order valence-electron chi connectivity index (χ4n) is 7.06. The molecule has 0 unspecified atom stereocenters. The Morgan fingerprint density at radius 1 is 0.978 bits per heavy atom. The highest BCUT2D eigenvalue weighted by atomic mass is 19.4. The van der Waals surface area contributed by atoms with Crippen LogP contribution in [0.1, 0.15) is 90.7 Å². The van der Waals surface area contributed by atoms with Crippen molar-refractivity contribution in [2.75, 3.05) is 33.4 Å². The van der Waals surface area contributed by atoms with Crippen molar-refractivity contribution in [1.29, 1.82) is 0 Å². The number of hydrogen-bond acceptors (Lipinski definition) is 6. The molecule has 46 heavy (non-hydrogen) atoms.